The van der Waals surface area contributed by atoms with Gasteiger partial charge in [-0.2, -0.15) is 0 Å². The summed E-state index contributed by atoms with van der Waals surface area (Å²) in [6, 6.07) is 0.312. The fraction of sp³-hybridized carbons (Fsp3) is 0.833. The minimum atomic E-state index is -0.678. The second kappa shape index (κ2) is 5.49. The number of aliphatic carboxylic acids is 1. The molecule has 0 spiro atoms. The van der Waals surface area contributed by atoms with Crippen molar-refractivity contribution in [1.29, 1.82) is 0 Å². The predicted octanol–water partition coefficient (Wildman–Crippen LogP) is 0.452. The summed E-state index contributed by atoms with van der Waals surface area (Å²) in [5.74, 6) is -0.734. The van der Waals surface area contributed by atoms with E-state index in [0.717, 1.165) is 32.5 Å². The van der Waals surface area contributed by atoms with Gasteiger partial charge in [-0.25, -0.2) is 0 Å². The van der Waals surface area contributed by atoms with Gasteiger partial charge in [-0.3, -0.25) is 14.5 Å². The molecule has 2 rings (SSSR count). The van der Waals surface area contributed by atoms with Crippen molar-refractivity contribution in [3.05, 3.63) is 0 Å². The van der Waals surface area contributed by atoms with Gasteiger partial charge in [0.05, 0.1) is 5.92 Å². The van der Waals surface area contributed by atoms with E-state index >= 15 is 0 Å². The Morgan fingerprint density at radius 1 is 1.29 bits per heavy atom. The fourth-order valence-corrected chi connectivity index (χ4v) is 2.78. The molecule has 2 saturated heterocycles. The molecule has 0 aromatic rings. The summed E-state index contributed by atoms with van der Waals surface area (Å²) in [5.41, 5.74) is 0. The zero-order valence-electron chi connectivity index (χ0n) is 10.0. The van der Waals surface area contributed by atoms with Crippen LogP contribution in [0.2, 0.25) is 0 Å². The number of nitrogens with zero attached hydrogens (tertiary/aromatic N) is 1. The average molecular weight is 240 g/mol. The lowest BCUT2D eigenvalue weighted by Crippen LogP contribution is -2.43. The van der Waals surface area contributed by atoms with Gasteiger partial charge in [-0.1, -0.05) is 0 Å². The van der Waals surface area contributed by atoms with Crippen LogP contribution in [0, 0.1) is 5.92 Å². The van der Waals surface area contributed by atoms with Crippen molar-refractivity contribution < 1.29 is 14.7 Å². The first-order valence-electron chi connectivity index (χ1n) is 6.40. The Morgan fingerprint density at radius 3 is 2.65 bits per heavy atom. The molecular weight excluding hydrogens is 220 g/mol. The molecule has 0 aromatic heterocycles. The molecule has 0 saturated carbocycles. The second-order valence-electron chi connectivity index (χ2n) is 5.00. The lowest BCUT2D eigenvalue weighted by Gasteiger charge is -2.35. The number of rotatable bonds is 2. The number of hydrogen-bond acceptors (Lipinski definition) is 3. The highest BCUT2D eigenvalue weighted by Crippen LogP contribution is 2.23. The molecule has 2 heterocycles. The molecule has 5 heteroatoms. The summed E-state index contributed by atoms with van der Waals surface area (Å²) in [6.07, 6.45) is 4.06. The smallest absolute Gasteiger partial charge is 0.306 e. The number of likely N-dealkylation sites (tertiary alicyclic amines) is 1. The normalized spacial score (nSPS) is 28.5. The van der Waals surface area contributed by atoms with Gasteiger partial charge >= 0.3 is 5.97 Å². The Hall–Kier alpha value is -1.10. The summed E-state index contributed by atoms with van der Waals surface area (Å²) in [4.78, 5) is 24.6. The van der Waals surface area contributed by atoms with Crippen molar-refractivity contribution in [2.45, 2.75) is 38.1 Å². The van der Waals surface area contributed by atoms with Crippen molar-refractivity contribution in [3.63, 3.8) is 0 Å². The van der Waals surface area contributed by atoms with Gasteiger partial charge in [-0.15, -0.1) is 0 Å². The minimum absolute atomic E-state index is 0.132. The van der Waals surface area contributed by atoms with Gasteiger partial charge in [0.2, 0.25) is 5.91 Å². The number of carbonyl (C=O) groups excluding carboxylic acids is 1. The number of piperidine rings is 1. The van der Waals surface area contributed by atoms with E-state index < -0.39 is 5.97 Å². The summed E-state index contributed by atoms with van der Waals surface area (Å²) >= 11 is 0. The maximum Gasteiger partial charge on any atom is 0.306 e. The number of hydrogen-bond donors (Lipinski definition) is 2. The Kier molecular flexibility index (Phi) is 3.99. The van der Waals surface area contributed by atoms with E-state index in [1.165, 1.54) is 0 Å². The molecule has 0 radical (unpaired) electrons. The molecule has 2 N–H and O–H groups in total. The summed E-state index contributed by atoms with van der Waals surface area (Å²) in [6.45, 7) is 2.41. The quantitative estimate of drug-likeness (QED) is 0.735. The molecule has 5 nitrogen and oxygen atoms in total. The van der Waals surface area contributed by atoms with Gasteiger partial charge in [-0.05, 0) is 38.8 Å². The molecule has 1 unspecified atom stereocenters. The first-order chi connectivity index (χ1) is 8.16. The average Bonchev–Trinajstić information content (AvgIpc) is 2.54. The van der Waals surface area contributed by atoms with Gasteiger partial charge in [0.15, 0.2) is 0 Å². The van der Waals surface area contributed by atoms with Crippen LogP contribution >= 0.6 is 0 Å². The number of carbonyl (C=O) groups is 2. The third kappa shape index (κ3) is 3.19. The van der Waals surface area contributed by atoms with Crippen LogP contribution in [0.25, 0.3) is 0 Å². The van der Waals surface area contributed by atoms with E-state index in [0.29, 0.717) is 25.3 Å². The topological polar surface area (TPSA) is 69.6 Å². The molecule has 17 heavy (non-hydrogen) atoms. The summed E-state index contributed by atoms with van der Waals surface area (Å²) < 4.78 is 0. The molecule has 0 aromatic carbocycles. The third-order valence-corrected chi connectivity index (χ3v) is 3.85. The van der Waals surface area contributed by atoms with Gasteiger partial charge in [0.1, 0.15) is 0 Å². The maximum absolute atomic E-state index is 11.5. The van der Waals surface area contributed by atoms with E-state index in [2.05, 4.69) is 10.2 Å². The third-order valence-electron chi connectivity index (χ3n) is 3.85. The maximum atomic E-state index is 11.5. The lowest BCUT2D eigenvalue weighted by molar-refractivity contribution is -0.143. The number of amides is 1. The van der Waals surface area contributed by atoms with Crippen molar-refractivity contribution in [2.75, 3.05) is 19.6 Å². The summed E-state index contributed by atoms with van der Waals surface area (Å²) in [7, 11) is 0. The Balaban J connectivity index is 1.86. The Morgan fingerprint density at radius 2 is 2.00 bits per heavy atom. The van der Waals surface area contributed by atoms with Gasteiger partial charge in [0, 0.05) is 19.0 Å². The first kappa shape index (κ1) is 12.4. The molecule has 1 atom stereocenters. The molecule has 2 fully saturated rings. The van der Waals surface area contributed by atoms with Gasteiger partial charge in [0.25, 0.3) is 0 Å². The number of carboxylic acid groups (broad SMARTS) is 1. The molecule has 1 amide bonds. The van der Waals surface area contributed by atoms with Crippen LogP contribution in [-0.4, -0.2) is 47.6 Å². The van der Waals surface area contributed by atoms with Crippen molar-refractivity contribution in [2.24, 2.45) is 5.92 Å². The van der Waals surface area contributed by atoms with E-state index in [1.54, 1.807) is 0 Å². The molecular formula is C12H20N2O3. The zero-order valence-corrected chi connectivity index (χ0v) is 10.0. The molecule has 2 aliphatic heterocycles. The highest BCUT2D eigenvalue weighted by molar-refractivity contribution is 5.76. The lowest BCUT2D eigenvalue weighted by atomic mass is 9.94. The van der Waals surface area contributed by atoms with Crippen LogP contribution in [0.4, 0.5) is 0 Å². The first-order valence-corrected chi connectivity index (χ1v) is 6.40. The predicted molar refractivity (Wildman–Crippen MR) is 62.6 cm³/mol. The fourth-order valence-electron chi connectivity index (χ4n) is 2.78. The van der Waals surface area contributed by atoms with Crippen LogP contribution in [0.3, 0.4) is 0 Å². The second-order valence-corrected chi connectivity index (χ2v) is 5.00. The van der Waals surface area contributed by atoms with Crippen LogP contribution < -0.4 is 5.32 Å². The van der Waals surface area contributed by atoms with E-state index in [4.69, 9.17) is 5.11 Å². The molecule has 96 valence electrons. The molecule has 2 aliphatic rings. The van der Waals surface area contributed by atoms with Crippen LogP contribution in [-0.2, 0) is 9.59 Å². The SMILES string of the molecule is O=C1CC(N2CCC(C(=O)O)CC2)CCCN1. The number of carboxylic acids is 1. The van der Waals surface area contributed by atoms with Crippen LogP contribution in [0.15, 0.2) is 0 Å². The Labute approximate surface area is 101 Å². The van der Waals surface area contributed by atoms with E-state index in [9.17, 15) is 9.59 Å². The van der Waals surface area contributed by atoms with Crippen LogP contribution in [0.1, 0.15) is 32.1 Å². The van der Waals surface area contributed by atoms with Crippen molar-refractivity contribution in [3.8, 4) is 0 Å². The van der Waals surface area contributed by atoms with E-state index in [-0.39, 0.29) is 11.8 Å². The van der Waals surface area contributed by atoms with Crippen molar-refractivity contribution in [1.82, 2.24) is 10.2 Å². The standard InChI is InChI=1S/C12H20N2O3/c15-11-8-10(2-1-5-13-11)14-6-3-9(4-7-14)12(16)17/h9-10H,1-8H2,(H,13,15)(H,16,17). The highest BCUT2D eigenvalue weighted by atomic mass is 16.4. The molecule has 0 bridgehead atoms. The summed E-state index contributed by atoms with van der Waals surface area (Å²) in [5, 5.41) is 11.8. The molecule has 0 aliphatic carbocycles. The zero-order chi connectivity index (χ0) is 12.3. The Bertz CT molecular complexity index is 298. The minimum Gasteiger partial charge on any atom is -0.481 e. The largest absolute Gasteiger partial charge is 0.481 e. The van der Waals surface area contributed by atoms with E-state index in [1.807, 2.05) is 0 Å². The van der Waals surface area contributed by atoms with Gasteiger partial charge < -0.3 is 10.4 Å². The highest BCUT2D eigenvalue weighted by Gasteiger charge is 2.30. The number of nitrogens with one attached hydrogen (secondary N) is 1. The van der Waals surface area contributed by atoms with Crippen LogP contribution in [0.5, 0.6) is 0 Å². The van der Waals surface area contributed by atoms with Crippen molar-refractivity contribution >= 4 is 11.9 Å². The monoisotopic (exact) mass is 240 g/mol.